The molecule has 2 aromatic rings. The number of anilines is 1. The molecule has 6 heteroatoms. The van der Waals surface area contributed by atoms with Gasteiger partial charge in [-0.05, 0) is 49.2 Å². The van der Waals surface area contributed by atoms with Crippen molar-refractivity contribution in [3.63, 3.8) is 0 Å². The Balaban J connectivity index is 1.46. The Morgan fingerprint density at radius 3 is 2.36 bits per heavy atom. The van der Waals surface area contributed by atoms with Gasteiger partial charge in [0.2, 0.25) is 5.91 Å². The average molecular weight is 373 g/mol. The predicted molar refractivity (Wildman–Crippen MR) is 107 cm³/mol. The smallest absolute Gasteiger partial charge is 0.234 e. The van der Waals surface area contributed by atoms with Crippen LogP contribution in [0.25, 0.3) is 0 Å². The number of benzene rings is 2. The third-order valence-electron chi connectivity index (χ3n) is 3.81. The number of thiocarbonyl (C=S) groups is 1. The van der Waals surface area contributed by atoms with Gasteiger partial charge in [0.05, 0.1) is 5.75 Å². The SMILES string of the molecule is O=C(CSC(=S)N1CCCC1)Nc1ccc(Oc2ccccc2)cc1. The third kappa shape index (κ3) is 5.47. The molecule has 0 aliphatic carbocycles. The van der Waals surface area contributed by atoms with E-state index in [1.807, 2.05) is 54.6 Å². The molecule has 0 unspecified atom stereocenters. The predicted octanol–water partition coefficient (Wildman–Crippen LogP) is 4.53. The minimum absolute atomic E-state index is 0.0525. The highest BCUT2D eigenvalue weighted by Crippen LogP contribution is 2.23. The fourth-order valence-corrected chi connectivity index (χ4v) is 3.60. The summed E-state index contributed by atoms with van der Waals surface area (Å²) in [5.74, 6) is 1.79. The van der Waals surface area contributed by atoms with E-state index in [2.05, 4.69) is 10.2 Å². The van der Waals surface area contributed by atoms with E-state index in [0.717, 1.165) is 34.6 Å². The normalized spacial score (nSPS) is 13.5. The molecule has 1 aliphatic heterocycles. The van der Waals surface area contributed by atoms with Gasteiger partial charge in [-0.2, -0.15) is 0 Å². The molecule has 1 saturated heterocycles. The van der Waals surface area contributed by atoms with Gasteiger partial charge < -0.3 is 15.0 Å². The number of nitrogens with one attached hydrogen (secondary N) is 1. The van der Waals surface area contributed by atoms with E-state index in [-0.39, 0.29) is 5.91 Å². The van der Waals surface area contributed by atoms with Crippen molar-refractivity contribution in [3.8, 4) is 11.5 Å². The summed E-state index contributed by atoms with van der Waals surface area (Å²) in [6.07, 6.45) is 2.37. The molecular formula is C19H20N2O2S2. The lowest BCUT2D eigenvalue weighted by molar-refractivity contribution is -0.113. The van der Waals surface area contributed by atoms with Crippen LogP contribution < -0.4 is 10.1 Å². The third-order valence-corrected chi connectivity index (χ3v) is 5.33. The van der Waals surface area contributed by atoms with Gasteiger partial charge in [0.15, 0.2) is 0 Å². The number of amides is 1. The Kier molecular flexibility index (Phi) is 6.30. The molecule has 130 valence electrons. The van der Waals surface area contributed by atoms with E-state index in [9.17, 15) is 4.79 Å². The van der Waals surface area contributed by atoms with Crippen molar-refractivity contribution in [2.24, 2.45) is 0 Å². The van der Waals surface area contributed by atoms with E-state index >= 15 is 0 Å². The summed E-state index contributed by atoms with van der Waals surface area (Å²) < 4.78 is 6.55. The van der Waals surface area contributed by atoms with E-state index in [0.29, 0.717) is 5.75 Å². The number of likely N-dealkylation sites (tertiary alicyclic amines) is 1. The molecule has 0 bridgehead atoms. The van der Waals surface area contributed by atoms with Crippen molar-refractivity contribution in [2.75, 3.05) is 24.2 Å². The number of thioether (sulfide) groups is 1. The Hall–Kier alpha value is -2.05. The van der Waals surface area contributed by atoms with Gasteiger partial charge in [-0.3, -0.25) is 4.79 Å². The summed E-state index contributed by atoms with van der Waals surface area (Å²) >= 11 is 6.80. The van der Waals surface area contributed by atoms with Gasteiger partial charge in [-0.1, -0.05) is 42.2 Å². The van der Waals surface area contributed by atoms with Crippen molar-refractivity contribution < 1.29 is 9.53 Å². The topological polar surface area (TPSA) is 41.6 Å². The number of hydrogen-bond donors (Lipinski definition) is 1. The first-order chi connectivity index (χ1) is 12.2. The van der Waals surface area contributed by atoms with Gasteiger partial charge in [0, 0.05) is 18.8 Å². The van der Waals surface area contributed by atoms with Crippen LogP contribution in [-0.2, 0) is 4.79 Å². The molecule has 1 N–H and O–H groups in total. The highest BCUT2D eigenvalue weighted by atomic mass is 32.2. The average Bonchev–Trinajstić information content (AvgIpc) is 3.17. The summed E-state index contributed by atoms with van der Waals surface area (Å²) in [6, 6.07) is 16.9. The van der Waals surface area contributed by atoms with Crippen LogP contribution in [0.5, 0.6) is 11.5 Å². The first-order valence-electron chi connectivity index (χ1n) is 8.25. The maximum Gasteiger partial charge on any atom is 0.234 e. The van der Waals surface area contributed by atoms with Crippen molar-refractivity contribution in [2.45, 2.75) is 12.8 Å². The fraction of sp³-hybridized carbons (Fsp3) is 0.263. The first-order valence-corrected chi connectivity index (χ1v) is 9.64. The number of hydrogen-bond acceptors (Lipinski definition) is 4. The van der Waals surface area contributed by atoms with Crippen LogP contribution in [-0.4, -0.2) is 34.0 Å². The highest BCUT2D eigenvalue weighted by molar-refractivity contribution is 8.23. The lowest BCUT2D eigenvalue weighted by Gasteiger charge is -2.17. The standard InChI is InChI=1S/C19H20N2O2S2/c22-18(14-25-19(24)21-12-4-5-13-21)20-15-8-10-17(11-9-15)23-16-6-2-1-3-7-16/h1-3,6-11H,4-5,12-14H2,(H,20,22). The molecule has 2 aromatic carbocycles. The number of rotatable bonds is 5. The quantitative estimate of drug-likeness (QED) is 0.781. The van der Waals surface area contributed by atoms with Gasteiger partial charge >= 0.3 is 0 Å². The molecule has 1 fully saturated rings. The second kappa shape index (κ2) is 8.87. The summed E-state index contributed by atoms with van der Waals surface area (Å²) in [5.41, 5.74) is 0.748. The maximum atomic E-state index is 12.1. The van der Waals surface area contributed by atoms with Crippen molar-refractivity contribution >= 4 is 39.9 Å². The summed E-state index contributed by atoms with van der Waals surface area (Å²) in [6.45, 7) is 2.02. The Bertz CT molecular complexity index is 714. The van der Waals surface area contributed by atoms with Gasteiger partial charge in [-0.15, -0.1) is 0 Å². The Morgan fingerprint density at radius 2 is 1.68 bits per heavy atom. The Labute approximate surface area is 157 Å². The molecule has 0 radical (unpaired) electrons. The second-order valence-corrected chi connectivity index (χ2v) is 7.35. The monoisotopic (exact) mass is 372 g/mol. The van der Waals surface area contributed by atoms with Crippen LogP contribution in [0.3, 0.4) is 0 Å². The van der Waals surface area contributed by atoms with Gasteiger partial charge in [-0.25, -0.2) is 0 Å². The van der Waals surface area contributed by atoms with Crippen LogP contribution in [0.15, 0.2) is 54.6 Å². The van der Waals surface area contributed by atoms with E-state index in [1.165, 1.54) is 24.6 Å². The van der Waals surface area contributed by atoms with Crippen molar-refractivity contribution in [1.29, 1.82) is 0 Å². The van der Waals surface area contributed by atoms with Crippen LogP contribution in [0.1, 0.15) is 12.8 Å². The van der Waals surface area contributed by atoms with Crippen molar-refractivity contribution in [1.82, 2.24) is 4.90 Å². The zero-order valence-electron chi connectivity index (χ0n) is 13.8. The maximum absolute atomic E-state index is 12.1. The number of ether oxygens (including phenoxy) is 1. The summed E-state index contributed by atoms with van der Waals surface area (Å²) in [4.78, 5) is 14.2. The van der Waals surface area contributed by atoms with Gasteiger partial charge in [0.1, 0.15) is 15.8 Å². The van der Waals surface area contributed by atoms with Crippen LogP contribution in [0.4, 0.5) is 5.69 Å². The molecule has 4 nitrogen and oxygen atoms in total. The molecule has 0 spiro atoms. The Morgan fingerprint density at radius 1 is 1.04 bits per heavy atom. The van der Waals surface area contributed by atoms with E-state index in [1.54, 1.807) is 0 Å². The molecule has 3 rings (SSSR count). The minimum atomic E-state index is -0.0525. The fourth-order valence-electron chi connectivity index (χ4n) is 2.55. The zero-order chi connectivity index (χ0) is 17.5. The summed E-state index contributed by atoms with van der Waals surface area (Å²) in [7, 11) is 0. The highest BCUT2D eigenvalue weighted by Gasteiger charge is 2.16. The lowest BCUT2D eigenvalue weighted by Crippen LogP contribution is -2.25. The molecule has 0 aromatic heterocycles. The number of carbonyl (C=O) groups is 1. The second-order valence-electron chi connectivity index (χ2n) is 5.74. The molecule has 1 heterocycles. The molecule has 1 aliphatic rings. The number of para-hydroxylation sites is 1. The van der Waals surface area contributed by atoms with E-state index in [4.69, 9.17) is 17.0 Å². The first kappa shape index (κ1) is 17.8. The number of carbonyl (C=O) groups excluding carboxylic acids is 1. The lowest BCUT2D eigenvalue weighted by atomic mass is 10.3. The largest absolute Gasteiger partial charge is 0.457 e. The molecule has 1 amide bonds. The molecule has 25 heavy (non-hydrogen) atoms. The van der Waals surface area contributed by atoms with Crippen LogP contribution >= 0.6 is 24.0 Å². The molecule has 0 atom stereocenters. The van der Waals surface area contributed by atoms with Gasteiger partial charge in [0.25, 0.3) is 0 Å². The van der Waals surface area contributed by atoms with Crippen LogP contribution in [0, 0.1) is 0 Å². The summed E-state index contributed by atoms with van der Waals surface area (Å²) in [5, 5.41) is 2.89. The van der Waals surface area contributed by atoms with Crippen molar-refractivity contribution in [3.05, 3.63) is 54.6 Å². The van der Waals surface area contributed by atoms with E-state index < -0.39 is 0 Å². The zero-order valence-corrected chi connectivity index (χ0v) is 15.4. The number of nitrogens with zero attached hydrogens (tertiary/aromatic N) is 1. The molecule has 0 saturated carbocycles. The minimum Gasteiger partial charge on any atom is -0.457 e. The molecular weight excluding hydrogens is 352 g/mol. The van der Waals surface area contributed by atoms with Crippen LogP contribution in [0.2, 0.25) is 0 Å².